The lowest BCUT2D eigenvalue weighted by Gasteiger charge is -2.11. The first-order valence-corrected chi connectivity index (χ1v) is 7.72. The molecule has 1 amide bonds. The Morgan fingerprint density at radius 2 is 2.17 bits per heavy atom. The zero-order chi connectivity index (χ0) is 16.4. The Bertz CT molecular complexity index is 860. The Morgan fingerprint density at radius 3 is 2.91 bits per heavy atom. The van der Waals surface area contributed by atoms with E-state index in [9.17, 15) is 4.79 Å². The molecule has 2 heterocycles. The van der Waals surface area contributed by atoms with Crippen LogP contribution in [0.25, 0.3) is 11.2 Å². The molecule has 0 saturated carbocycles. The summed E-state index contributed by atoms with van der Waals surface area (Å²) in [4.78, 5) is 25.6. The minimum atomic E-state index is 0.579. The number of nitrogens with one attached hydrogen (secondary N) is 1. The maximum absolute atomic E-state index is 10.6. The van der Waals surface area contributed by atoms with Crippen LogP contribution in [0.4, 0.5) is 11.5 Å². The fourth-order valence-corrected chi connectivity index (χ4v) is 2.85. The first-order valence-electron chi connectivity index (χ1n) is 6.93. The van der Waals surface area contributed by atoms with Crippen LogP contribution in [-0.2, 0) is 11.3 Å². The summed E-state index contributed by atoms with van der Waals surface area (Å²) >= 11 is 3.49. The van der Waals surface area contributed by atoms with Crippen LogP contribution in [0.15, 0.2) is 35.3 Å². The number of amides is 1. The van der Waals surface area contributed by atoms with Crippen molar-refractivity contribution >= 4 is 45.0 Å². The molecule has 0 unspecified atom stereocenters. The first kappa shape index (κ1) is 15.4. The zero-order valence-corrected chi connectivity index (χ0v) is 14.3. The molecule has 1 N–H and O–H groups in total. The van der Waals surface area contributed by atoms with Crippen molar-refractivity contribution in [3.63, 3.8) is 0 Å². The molecule has 118 valence electrons. The van der Waals surface area contributed by atoms with Crippen molar-refractivity contribution in [2.75, 3.05) is 24.3 Å². The molecule has 23 heavy (non-hydrogen) atoms. The van der Waals surface area contributed by atoms with Crippen molar-refractivity contribution in [3.05, 3.63) is 40.9 Å². The normalized spacial score (nSPS) is 10.7. The van der Waals surface area contributed by atoms with Gasteiger partial charge >= 0.3 is 0 Å². The summed E-state index contributed by atoms with van der Waals surface area (Å²) in [6, 6.07) is 7.64. The number of aromatic nitrogens is 4. The van der Waals surface area contributed by atoms with Gasteiger partial charge in [-0.2, -0.15) is 0 Å². The smallest absolute Gasteiger partial charge is 0.211 e. The van der Waals surface area contributed by atoms with Crippen molar-refractivity contribution in [1.82, 2.24) is 19.5 Å². The third kappa shape index (κ3) is 3.02. The van der Waals surface area contributed by atoms with Gasteiger partial charge in [-0.25, -0.2) is 15.0 Å². The molecule has 0 saturated heterocycles. The summed E-state index contributed by atoms with van der Waals surface area (Å²) in [6.45, 7) is 0.579. The van der Waals surface area contributed by atoms with Crippen LogP contribution in [0.1, 0.15) is 5.56 Å². The van der Waals surface area contributed by atoms with E-state index in [4.69, 9.17) is 0 Å². The van der Waals surface area contributed by atoms with E-state index in [0.29, 0.717) is 17.7 Å². The van der Waals surface area contributed by atoms with Gasteiger partial charge in [-0.15, -0.1) is 0 Å². The van der Waals surface area contributed by atoms with E-state index in [0.717, 1.165) is 28.2 Å². The van der Waals surface area contributed by atoms with E-state index in [1.807, 2.05) is 47.8 Å². The van der Waals surface area contributed by atoms with Gasteiger partial charge in [0.15, 0.2) is 21.7 Å². The number of carbonyl (C=O) groups excluding carboxylic acids is 1. The number of carbonyl (C=O) groups is 1. The maximum Gasteiger partial charge on any atom is 0.211 e. The summed E-state index contributed by atoms with van der Waals surface area (Å²) in [5.74, 6) is 0.769. The summed E-state index contributed by atoms with van der Waals surface area (Å²) in [5.41, 5.74) is 3.28. The Balaban J connectivity index is 2.03. The van der Waals surface area contributed by atoms with Gasteiger partial charge in [0.2, 0.25) is 6.41 Å². The van der Waals surface area contributed by atoms with Crippen LogP contribution in [0, 0.1) is 0 Å². The molecule has 0 radical (unpaired) electrons. The Kier molecular flexibility index (Phi) is 4.24. The maximum atomic E-state index is 10.6. The number of fused-ring (bicyclic) bond motifs is 1. The molecule has 2 aromatic heterocycles. The molecule has 0 aliphatic carbocycles. The molecule has 0 aliphatic rings. The Morgan fingerprint density at radius 1 is 1.35 bits per heavy atom. The van der Waals surface area contributed by atoms with E-state index in [1.165, 1.54) is 6.33 Å². The monoisotopic (exact) mass is 374 g/mol. The van der Waals surface area contributed by atoms with Crippen LogP contribution in [-0.4, -0.2) is 40.0 Å². The number of benzene rings is 1. The molecule has 0 bridgehead atoms. The standard InChI is InChI=1S/C15H15BrN6O/c1-21(2)13-12-14(18-8-17-13)22(15(16)20-12)7-10-4-3-5-11(6-10)19-9-23/h3-6,8-9H,7H2,1-2H3,(H,19,23). The van der Waals surface area contributed by atoms with Crippen molar-refractivity contribution < 1.29 is 4.79 Å². The van der Waals surface area contributed by atoms with E-state index in [1.54, 1.807) is 0 Å². The Hall–Kier alpha value is -2.48. The van der Waals surface area contributed by atoms with Crippen molar-refractivity contribution in [2.24, 2.45) is 0 Å². The molecular formula is C15H15BrN6O. The van der Waals surface area contributed by atoms with E-state index in [-0.39, 0.29) is 0 Å². The second kappa shape index (κ2) is 6.33. The number of hydrogen-bond acceptors (Lipinski definition) is 5. The SMILES string of the molecule is CN(C)c1ncnc2c1nc(Br)n2Cc1cccc(NC=O)c1. The highest BCUT2D eigenvalue weighted by Crippen LogP contribution is 2.25. The number of halogens is 1. The topological polar surface area (TPSA) is 75.9 Å². The largest absolute Gasteiger partial charge is 0.361 e. The van der Waals surface area contributed by atoms with Gasteiger partial charge in [-0.3, -0.25) is 9.36 Å². The summed E-state index contributed by atoms with van der Waals surface area (Å²) < 4.78 is 2.65. The zero-order valence-electron chi connectivity index (χ0n) is 12.7. The van der Waals surface area contributed by atoms with Crippen molar-refractivity contribution in [1.29, 1.82) is 0 Å². The van der Waals surface area contributed by atoms with Crippen molar-refractivity contribution in [2.45, 2.75) is 6.54 Å². The second-order valence-corrected chi connectivity index (χ2v) is 5.90. The van der Waals surface area contributed by atoms with Crippen LogP contribution in [0.2, 0.25) is 0 Å². The molecule has 0 spiro atoms. The highest BCUT2D eigenvalue weighted by molar-refractivity contribution is 9.10. The number of imidazole rings is 1. The minimum absolute atomic E-state index is 0.579. The molecule has 3 rings (SSSR count). The van der Waals surface area contributed by atoms with Gasteiger partial charge in [0.1, 0.15) is 6.33 Å². The minimum Gasteiger partial charge on any atom is -0.361 e. The van der Waals surface area contributed by atoms with Crippen LogP contribution in [0.5, 0.6) is 0 Å². The van der Waals surface area contributed by atoms with E-state index >= 15 is 0 Å². The average Bonchev–Trinajstić information content (AvgIpc) is 2.84. The van der Waals surface area contributed by atoms with Gasteiger partial charge in [0.05, 0.1) is 6.54 Å². The van der Waals surface area contributed by atoms with Gasteiger partial charge in [0.25, 0.3) is 0 Å². The molecule has 0 fully saturated rings. The summed E-state index contributed by atoms with van der Waals surface area (Å²) in [6.07, 6.45) is 2.20. The highest BCUT2D eigenvalue weighted by Gasteiger charge is 2.15. The van der Waals surface area contributed by atoms with Gasteiger partial charge < -0.3 is 10.2 Å². The predicted molar refractivity (Wildman–Crippen MR) is 92.6 cm³/mol. The first-order chi connectivity index (χ1) is 11.1. The lowest BCUT2D eigenvalue weighted by molar-refractivity contribution is -0.105. The summed E-state index contributed by atoms with van der Waals surface area (Å²) in [7, 11) is 3.84. The van der Waals surface area contributed by atoms with Gasteiger partial charge in [-0.05, 0) is 33.6 Å². The van der Waals surface area contributed by atoms with Crippen molar-refractivity contribution in [3.8, 4) is 0 Å². The number of anilines is 2. The Labute approximate surface area is 141 Å². The van der Waals surface area contributed by atoms with Crippen LogP contribution in [0.3, 0.4) is 0 Å². The quantitative estimate of drug-likeness (QED) is 0.547. The second-order valence-electron chi connectivity index (χ2n) is 5.19. The molecule has 8 heteroatoms. The van der Waals surface area contributed by atoms with E-state index in [2.05, 4.69) is 36.2 Å². The fraction of sp³-hybridized carbons (Fsp3) is 0.200. The van der Waals surface area contributed by atoms with Gasteiger partial charge in [0, 0.05) is 19.8 Å². The number of rotatable bonds is 5. The molecular weight excluding hydrogens is 360 g/mol. The van der Waals surface area contributed by atoms with Crippen LogP contribution >= 0.6 is 15.9 Å². The molecule has 0 atom stereocenters. The molecule has 1 aromatic carbocycles. The lowest BCUT2D eigenvalue weighted by Crippen LogP contribution is -2.11. The van der Waals surface area contributed by atoms with Crippen LogP contribution < -0.4 is 10.2 Å². The number of hydrogen-bond donors (Lipinski definition) is 1. The third-order valence-electron chi connectivity index (χ3n) is 3.38. The molecule has 0 aliphatic heterocycles. The number of nitrogens with zero attached hydrogens (tertiary/aromatic N) is 5. The third-order valence-corrected chi connectivity index (χ3v) is 3.99. The van der Waals surface area contributed by atoms with E-state index < -0.39 is 0 Å². The summed E-state index contributed by atoms with van der Waals surface area (Å²) in [5, 5.41) is 2.65. The molecule has 3 aromatic rings. The average molecular weight is 375 g/mol. The lowest BCUT2D eigenvalue weighted by atomic mass is 10.2. The predicted octanol–water partition coefficient (Wildman–Crippen LogP) is 2.27. The van der Waals surface area contributed by atoms with Gasteiger partial charge in [-0.1, -0.05) is 12.1 Å². The fourth-order valence-electron chi connectivity index (χ4n) is 2.38. The highest BCUT2D eigenvalue weighted by atomic mass is 79.9. The molecule has 7 nitrogen and oxygen atoms in total.